The highest BCUT2D eigenvalue weighted by Gasteiger charge is 2.31. The summed E-state index contributed by atoms with van der Waals surface area (Å²) in [5, 5.41) is 0. The topological polar surface area (TPSA) is 9.23 Å². The number of rotatable bonds is 2. The van der Waals surface area contributed by atoms with Crippen LogP contribution in [0.3, 0.4) is 0 Å². The molecule has 78 valence electrons. The lowest BCUT2D eigenvalue weighted by Crippen LogP contribution is -2.06. The number of hydrogen-bond donors (Lipinski definition) is 0. The molecule has 1 aromatic rings. The van der Waals surface area contributed by atoms with E-state index in [0.717, 1.165) is 12.1 Å². The Morgan fingerprint density at radius 3 is 2.36 bits per heavy atom. The molecular weight excluding hydrogens is 315 g/mol. The first-order valence-corrected chi connectivity index (χ1v) is 4.42. The van der Waals surface area contributed by atoms with Crippen molar-refractivity contribution in [1.29, 1.82) is 0 Å². The molecule has 0 aliphatic carbocycles. The fourth-order valence-electron chi connectivity index (χ4n) is 0.899. The van der Waals surface area contributed by atoms with Gasteiger partial charge in [-0.15, -0.1) is 0 Å². The normalized spacial score (nSPS) is 11.8. The molecule has 0 aliphatic rings. The second-order valence-corrected chi connectivity index (χ2v) is 3.18. The van der Waals surface area contributed by atoms with Crippen LogP contribution in [0.4, 0.5) is 17.6 Å². The molecule has 0 bridgehead atoms. The zero-order chi connectivity index (χ0) is 10.8. The molecule has 1 rings (SSSR count). The molecule has 0 saturated heterocycles. The molecule has 1 aromatic carbocycles. The van der Waals surface area contributed by atoms with Crippen LogP contribution in [0.25, 0.3) is 0 Å². The highest BCUT2D eigenvalue weighted by molar-refractivity contribution is 14.1. The Morgan fingerprint density at radius 1 is 1.29 bits per heavy atom. The SMILES string of the molecule is Fc1cc(C(F)(F)F)ccc1COI. The maximum absolute atomic E-state index is 13.0. The maximum atomic E-state index is 13.0. The maximum Gasteiger partial charge on any atom is 0.416 e. The zero-order valence-corrected chi connectivity index (χ0v) is 8.89. The van der Waals surface area contributed by atoms with Crippen LogP contribution in [-0.2, 0) is 15.8 Å². The van der Waals surface area contributed by atoms with E-state index in [9.17, 15) is 17.6 Å². The Hall–Kier alpha value is -0.370. The lowest BCUT2D eigenvalue weighted by Gasteiger charge is -2.08. The lowest BCUT2D eigenvalue weighted by atomic mass is 10.1. The molecule has 0 spiro atoms. The van der Waals surface area contributed by atoms with Crippen molar-refractivity contribution in [3.63, 3.8) is 0 Å². The van der Waals surface area contributed by atoms with E-state index in [-0.39, 0.29) is 12.2 Å². The van der Waals surface area contributed by atoms with E-state index in [1.165, 1.54) is 0 Å². The predicted octanol–water partition coefficient (Wildman–Crippen LogP) is 3.71. The lowest BCUT2D eigenvalue weighted by molar-refractivity contribution is -0.137. The van der Waals surface area contributed by atoms with Gasteiger partial charge in [0.15, 0.2) is 0 Å². The summed E-state index contributed by atoms with van der Waals surface area (Å²) in [4.78, 5) is 0. The molecule has 0 amide bonds. The van der Waals surface area contributed by atoms with Gasteiger partial charge in [0.1, 0.15) is 28.8 Å². The molecule has 0 N–H and O–H groups in total. The molecule has 0 unspecified atom stereocenters. The van der Waals surface area contributed by atoms with Crippen molar-refractivity contribution in [2.45, 2.75) is 12.8 Å². The third kappa shape index (κ3) is 2.81. The Kier molecular flexibility index (Phi) is 3.71. The van der Waals surface area contributed by atoms with E-state index in [2.05, 4.69) is 3.07 Å². The monoisotopic (exact) mass is 320 g/mol. The minimum Gasteiger partial charge on any atom is -0.311 e. The van der Waals surface area contributed by atoms with Crippen LogP contribution >= 0.6 is 23.0 Å². The molecule has 6 heteroatoms. The number of halogens is 5. The van der Waals surface area contributed by atoms with Gasteiger partial charge in [-0.1, -0.05) is 6.07 Å². The largest absolute Gasteiger partial charge is 0.416 e. The molecule has 14 heavy (non-hydrogen) atoms. The van der Waals surface area contributed by atoms with Gasteiger partial charge in [0.25, 0.3) is 0 Å². The van der Waals surface area contributed by atoms with Crippen molar-refractivity contribution in [2.75, 3.05) is 0 Å². The zero-order valence-electron chi connectivity index (χ0n) is 6.74. The molecule has 0 aliphatic heterocycles. The Morgan fingerprint density at radius 2 is 1.93 bits per heavy atom. The summed E-state index contributed by atoms with van der Waals surface area (Å²) in [5.74, 6) is -0.906. The summed E-state index contributed by atoms with van der Waals surface area (Å²) in [5.41, 5.74) is -0.889. The van der Waals surface area contributed by atoms with Crippen LogP contribution in [0.5, 0.6) is 0 Å². The van der Waals surface area contributed by atoms with Crippen molar-refractivity contribution < 1.29 is 20.6 Å². The van der Waals surface area contributed by atoms with Gasteiger partial charge in [0, 0.05) is 5.56 Å². The van der Waals surface area contributed by atoms with Crippen LogP contribution in [0.15, 0.2) is 18.2 Å². The first-order chi connectivity index (χ1) is 6.45. The fourth-order valence-corrected chi connectivity index (χ4v) is 1.23. The van der Waals surface area contributed by atoms with Gasteiger partial charge in [-0.3, -0.25) is 0 Å². The summed E-state index contributed by atoms with van der Waals surface area (Å²) in [6.07, 6.45) is -4.51. The van der Waals surface area contributed by atoms with Gasteiger partial charge in [-0.05, 0) is 12.1 Å². The summed E-state index contributed by atoms with van der Waals surface area (Å²) in [7, 11) is 0. The van der Waals surface area contributed by atoms with E-state index in [0.29, 0.717) is 6.07 Å². The van der Waals surface area contributed by atoms with Gasteiger partial charge in [0.05, 0.1) is 12.2 Å². The fraction of sp³-hybridized carbons (Fsp3) is 0.250. The third-order valence-corrected chi connectivity index (χ3v) is 1.90. The smallest absolute Gasteiger partial charge is 0.311 e. The molecule has 0 heterocycles. The van der Waals surface area contributed by atoms with Crippen molar-refractivity contribution in [2.24, 2.45) is 0 Å². The van der Waals surface area contributed by atoms with Gasteiger partial charge >= 0.3 is 6.18 Å². The molecular formula is C8H5F4IO. The van der Waals surface area contributed by atoms with Crippen molar-refractivity contribution >= 4 is 23.0 Å². The average Bonchev–Trinajstić information content (AvgIpc) is 2.07. The van der Waals surface area contributed by atoms with Crippen LogP contribution in [-0.4, -0.2) is 0 Å². The van der Waals surface area contributed by atoms with Crippen LogP contribution < -0.4 is 0 Å². The Labute approximate surface area is 91.8 Å². The van der Waals surface area contributed by atoms with Crippen LogP contribution in [0, 0.1) is 5.82 Å². The first kappa shape index (κ1) is 11.7. The molecule has 0 saturated carbocycles. The highest BCUT2D eigenvalue weighted by Crippen LogP contribution is 2.30. The van der Waals surface area contributed by atoms with E-state index >= 15 is 0 Å². The Balaban J connectivity index is 3.01. The first-order valence-electron chi connectivity index (χ1n) is 3.54. The van der Waals surface area contributed by atoms with E-state index in [1.807, 2.05) is 0 Å². The summed E-state index contributed by atoms with van der Waals surface area (Å²) < 4.78 is 53.8. The number of hydrogen-bond acceptors (Lipinski definition) is 1. The summed E-state index contributed by atoms with van der Waals surface area (Å²) in [6, 6.07) is 2.36. The molecule has 0 aromatic heterocycles. The van der Waals surface area contributed by atoms with Crippen molar-refractivity contribution in [3.05, 3.63) is 35.1 Å². The quantitative estimate of drug-likeness (QED) is 0.596. The second-order valence-electron chi connectivity index (χ2n) is 2.56. The molecule has 0 radical (unpaired) electrons. The molecule has 0 atom stereocenters. The number of alkyl halides is 3. The van der Waals surface area contributed by atoms with Crippen molar-refractivity contribution in [3.8, 4) is 0 Å². The van der Waals surface area contributed by atoms with Crippen molar-refractivity contribution in [1.82, 2.24) is 0 Å². The summed E-state index contributed by atoms with van der Waals surface area (Å²) in [6.45, 7) is -0.0511. The number of benzene rings is 1. The summed E-state index contributed by atoms with van der Waals surface area (Å²) >= 11 is 1.54. The minimum atomic E-state index is -4.51. The highest BCUT2D eigenvalue weighted by atomic mass is 127. The van der Waals surface area contributed by atoms with E-state index < -0.39 is 17.6 Å². The van der Waals surface area contributed by atoms with Crippen LogP contribution in [0.2, 0.25) is 0 Å². The predicted molar refractivity (Wildman–Crippen MR) is 50.2 cm³/mol. The Bertz CT molecular complexity index is 324. The standard InChI is InChI=1S/C8H5F4IO/c9-7-3-6(8(10,11)12)2-1-5(7)4-14-13/h1-3H,4H2. The molecule has 0 fully saturated rings. The second kappa shape index (κ2) is 4.43. The molecule has 1 nitrogen and oxygen atoms in total. The van der Waals surface area contributed by atoms with E-state index in [4.69, 9.17) is 0 Å². The van der Waals surface area contributed by atoms with Gasteiger partial charge < -0.3 is 3.07 Å². The third-order valence-electron chi connectivity index (χ3n) is 1.59. The van der Waals surface area contributed by atoms with Gasteiger partial charge in [-0.25, -0.2) is 4.39 Å². The average molecular weight is 320 g/mol. The minimum absolute atomic E-state index is 0.0511. The van der Waals surface area contributed by atoms with Gasteiger partial charge in [-0.2, -0.15) is 13.2 Å². The van der Waals surface area contributed by atoms with Gasteiger partial charge in [0.2, 0.25) is 0 Å². The van der Waals surface area contributed by atoms with E-state index in [1.54, 1.807) is 23.0 Å². The van der Waals surface area contributed by atoms with Crippen LogP contribution in [0.1, 0.15) is 11.1 Å².